The van der Waals surface area contributed by atoms with Crippen LogP contribution in [0.4, 0.5) is 5.82 Å². The molecule has 3 heterocycles. The summed E-state index contributed by atoms with van der Waals surface area (Å²) in [7, 11) is 0. The Bertz CT molecular complexity index is 929. The highest BCUT2D eigenvalue weighted by Crippen LogP contribution is 2.23. The fourth-order valence-electron chi connectivity index (χ4n) is 2.10. The van der Waals surface area contributed by atoms with E-state index in [1.807, 2.05) is 19.9 Å². The maximum atomic E-state index is 12.1. The molecule has 24 heavy (non-hydrogen) atoms. The van der Waals surface area contributed by atoms with Crippen molar-refractivity contribution >= 4 is 52.5 Å². The summed E-state index contributed by atoms with van der Waals surface area (Å²) < 4.78 is 1.80. The molecule has 0 aliphatic carbocycles. The van der Waals surface area contributed by atoms with Gasteiger partial charge in [-0.1, -0.05) is 35.0 Å². The van der Waals surface area contributed by atoms with Gasteiger partial charge in [0.15, 0.2) is 11.0 Å². The molecule has 0 fully saturated rings. The summed E-state index contributed by atoms with van der Waals surface area (Å²) in [6.07, 6.45) is 1.42. The molecule has 0 unspecified atom stereocenters. The number of fused-ring (bicyclic) bond motifs is 1. The number of thioether (sulfide) groups is 1. The largest absolute Gasteiger partial charge is 0.309 e. The number of aromatic nitrogens is 5. The minimum Gasteiger partial charge on any atom is -0.309 e. The zero-order valence-corrected chi connectivity index (χ0v) is 15.1. The Balaban J connectivity index is 1.70. The summed E-state index contributed by atoms with van der Waals surface area (Å²) in [5, 5.41) is 12.0. The third kappa shape index (κ3) is 3.61. The van der Waals surface area contributed by atoms with Gasteiger partial charge >= 0.3 is 0 Å². The van der Waals surface area contributed by atoms with Gasteiger partial charge in [0.05, 0.1) is 15.8 Å². The van der Waals surface area contributed by atoms with Crippen LogP contribution in [0, 0.1) is 13.8 Å². The van der Waals surface area contributed by atoms with Crippen molar-refractivity contribution in [3.05, 3.63) is 39.8 Å². The summed E-state index contributed by atoms with van der Waals surface area (Å²) in [4.78, 5) is 20.4. The standard InChI is InChI=1S/C14H12Cl2N6OS/c1-7-3-8(2)22-13(18-7)20-21-14(22)24-6-11(23)19-12-10(16)4-9(15)5-17-12/h3-5H,6H2,1-2H3,(H,17,19,23). The van der Waals surface area contributed by atoms with Crippen LogP contribution in [0.2, 0.25) is 10.0 Å². The van der Waals surface area contributed by atoms with Gasteiger partial charge in [-0.15, -0.1) is 10.2 Å². The van der Waals surface area contributed by atoms with E-state index in [1.54, 1.807) is 4.40 Å². The van der Waals surface area contributed by atoms with Crippen LogP contribution in [0.15, 0.2) is 23.5 Å². The smallest absolute Gasteiger partial charge is 0.256 e. The lowest BCUT2D eigenvalue weighted by atomic mass is 10.3. The average Bonchev–Trinajstić information content (AvgIpc) is 2.91. The lowest BCUT2D eigenvalue weighted by Gasteiger charge is -2.06. The van der Waals surface area contributed by atoms with Gasteiger partial charge in [-0.05, 0) is 26.0 Å². The Morgan fingerprint density at radius 3 is 2.83 bits per heavy atom. The molecule has 0 aliphatic rings. The zero-order valence-electron chi connectivity index (χ0n) is 12.7. The molecule has 0 aliphatic heterocycles. The van der Waals surface area contributed by atoms with E-state index >= 15 is 0 Å². The molecule has 0 bridgehead atoms. The van der Waals surface area contributed by atoms with E-state index in [0.717, 1.165) is 11.4 Å². The van der Waals surface area contributed by atoms with Gasteiger partial charge in [-0.2, -0.15) is 0 Å². The average molecular weight is 383 g/mol. The predicted octanol–water partition coefficient (Wildman–Crippen LogP) is 3.17. The fraction of sp³-hybridized carbons (Fsp3) is 0.214. The molecular weight excluding hydrogens is 371 g/mol. The van der Waals surface area contributed by atoms with Gasteiger partial charge in [0.25, 0.3) is 5.78 Å². The monoisotopic (exact) mass is 382 g/mol. The summed E-state index contributed by atoms with van der Waals surface area (Å²) in [6.45, 7) is 3.83. The molecule has 124 valence electrons. The van der Waals surface area contributed by atoms with Gasteiger partial charge in [-0.25, -0.2) is 9.97 Å². The number of nitrogens with one attached hydrogen (secondary N) is 1. The number of aryl methyl sites for hydroxylation is 2. The normalized spacial score (nSPS) is 11.0. The van der Waals surface area contributed by atoms with E-state index in [4.69, 9.17) is 23.2 Å². The second-order valence-electron chi connectivity index (χ2n) is 4.98. The molecule has 7 nitrogen and oxygen atoms in total. The molecule has 3 aromatic rings. The second-order valence-corrected chi connectivity index (χ2v) is 6.76. The highest BCUT2D eigenvalue weighted by molar-refractivity contribution is 7.99. The Labute approximate surface area is 151 Å². The Kier molecular flexibility index (Phi) is 4.88. The molecule has 0 spiro atoms. The number of hydrogen-bond acceptors (Lipinski definition) is 6. The third-order valence-corrected chi connectivity index (χ3v) is 4.48. The molecule has 3 rings (SSSR count). The van der Waals surface area contributed by atoms with Crippen molar-refractivity contribution in [1.82, 2.24) is 24.6 Å². The number of nitrogens with zero attached hydrogens (tertiary/aromatic N) is 5. The molecular formula is C14H12Cl2N6OS. The van der Waals surface area contributed by atoms with Gasteiger partial charge in [0, 0.05) is 17.6 Å². The lowest BCUT2D eigenvalue weighted by molar-refractivity contribution is -0.113. The number of anilines is 1. The van der Waals surface area contributed by atoms with Crippen LogP contribution < -0.4 is 5.32 Å². The van der Waals surface area contributed by atoms with Crippen molar-refractivity contribution < 1.29 is 4.79 Å². The molecule has 0 saturated heterocycles. The summed E-state index contributed by atoms with van der Waals surface area (Å²) >= 11 is 13.0. The summed E-state index contributed by atoms with van der Waals surface area (Å²) in [6, 6.07) is 3.44. The molecule has 0 radical (unpaired) electrons. The van der Waals surface area contributed by atoms with E-state index < -0.39 is 0 Å². The predicted molar refractivity (Wildman–Crippen MR) is 93.9 cm³/mol. The topological polar surface area (TPSA) is 85.1 Å². The number of hydrogen-bond donors (Lipinski definition) is 1. The van der Waals surface area contributed by atoms with Gasteiger partial charge in [0.1, 0.15) is 0 Å². The highest BCUT2D eigenvalue weighted by atomic mass is 35.5. The molecule has 10 heteroatoms. The van der Waals surface area contributed by atoms with Crippen molar-refractivity contribution in [2.24, 2.45) is 0 Å². The fourth-order valence-corrected chi connectivity index (χ4v) is 3.31. The molecule has 0 aromatic carbocycles. The van der Waals surface area contributed by atoms with E-state index in [2.05, 4.69) is 25.5 Å². The van der Waals surface area contributed by atoms with Gasteiger partial charge in [-0.3, -0.25) is 9.20 Å². The van der Waals surface area contributed by atoms with Crippen molar-refractivity contribution in [2.45, 2.75) is 19.0 Å². The molecule has 1 amide bonds. The zero-order chi connectivity index (χ0) is 17.3. The van der Waals surface area contributed by atoms with Crippen molar-refractivity contribution in [3.8, 4) is 0 Å². The van der Waals surface area contributed by atoms with Crippen LogP contribution in [-0.2, 0) is 4.79 Å². The molecule has 1 N–H and O–H groups in total. The van der Waals surface area contributed by atoms with E-state index in [0.29, 0.717) is 16.0 Å². The first-order valence-corrected chi connectivity index (χ1v) is 8.61. The van der Waals surface area contributed by atoms with Gasteiger partial charge < -0.3 is 5.32 Å². The first-order chi connectivity index (χ1) is 11.4. The minimum atomic E-state index is -0.258. The first kappa shape index (κ1) is 16.9. The number of amides is 1. The Morgan fingerprint density at radius 2 is 2.08 bits per heavy atom. The maximum absolute atomic E-state index is 12.1. The minimum absolute atomic E-state index is 0.134. The number of carbonyl (C=O) groups is 1. The van der Waals surface area contributed by atoms with Crippen LogP contribution in [0.25, 0.3) is 5.78 Å². The Morgan fingerprint density at radius 1 is 1.29 bits per heavy atom. The third-order valence-electron chi connectivity index (χ3n) is 3.06. The van der Waals surface area contributed by atoms with Crippen LogP contribution in [0.5, 0.6) is 0 Å². The van der Waals surface area contributed by atoms with Crippen molar-refractivity contribution in [1.29, 1.82) is 0 Å². The molecule has 0 atom stereocenters. The number of halogens is 2. The van der Waals surface area contributed by atoms with Crippen molar-refractivity contribution in [3.63, 3.8) is 0 Å². The Hall–Kier alpha value is -1.90. The number of rotatable bonds is 4. The SMILES string of the molecule is Cc1cc(C)n2c(SCC(=O)Nc3ncc(Cl)cc3Cl)nnc2n1. The maximum Gasteiger partial charge on any atom is 0.256 e. The first-order valence-electron chi connectivity index (χ1n) is 6.87. The van der Waals surface area contributed by atoms with Gasteiger partial charge in [0.2, 0.25) is 5.91 Å². The van der Waals surface area contributed by atoms with Crippen LogP contribution >= 0.6 is 35.0 Å². The van der Waals surface area contributed by atoms with Crippen LogP contribution in [0.1, 0.15) is 11.4 Å². The van der Waals surface area contributed by atoms with Crippen LogP contribution in [-0.4, -0.2) is 36.2 Å². The summed E-state index contributed by atoms with van der Waals surface area (Å²) in [5.41, 5.74) is 1.82. The lowest BCUT2D eigenvalue weighted by Crippen LogP contribution is -2.15. The van der Waals surface area contributed by atoms with E-state index in [-0.39, 0.29) is 22.5 Å². The van der Waals surface area contributed by atoms with Crippen LogP contribution in [0.3, 0.4) is 0 Å². The van der Waals surface area contributed by atoms with Crippen molar-refractivity contribution in [2.75, 3.05) is 11.1 Å². The van der Waals surface area contributed by atoms with E-state index in [1.165, 1.54) is 24.0 Å². The molecule has 3 aromatic heterocycles. The molecule has 0 saturated carbocycles. The number of carbonyl (C=O) groups excluding carboxylic acids is 1. The quantitative estimate of drug-likeness (QED) is 0.697. The number of pyridine rings is 1. The second kappa shape index (κ2) is 6.92. The summed E-state index contributed by atoms with van der Waals surface area (Å²) in [5.74, 6) is 0.657. The van der Waals surface area contributed by atoms with E-state index in [9.17, 15) is 4.79 Å². The highest BCUT2D eigenvalue weighted by Gasteiger charge is 2.13.